The maximum absolute atomic E-state index is 5.24. The van der Waals surface area contributed by atoms with E-state index in [9.17, 15) is 0 Å². The van der Waals surface area contributed by atoms with Gasteiger partial charge in [-0.25, -0.2) is 0 Å². The van der Waals surface area contributed by atoms with E-state index in [-0.39, 0.29) is 0 Å². The van der Waals surface area contributed by atoms with Crippen molar-refractivity contribution < 1.29 is 4.74 Å². The van der Waals surface area contributed by atoms with Gasteiger partial charge in [0.05, 0.1) is 6.61 Å². The minimum atomic E-state index is 0.763. The van der Waals surface area contributed by atoms with Crippen LogP contribution in [0.2, 0.25) is 0 Å². The number of rotatable bonds is 8. The summed E-state index contributed by atoms with van der Waals surface area (Å²) in [5.74, 6) is 1.88. The van der Waals surface area contributed by atoms with Gasteiger partial charge in [0.1, 0.15) is 0 Å². The fourth-order valence-corrected chi connectivity index (χ4v) is 2.91. The van der Waals surface area contributed by atoms with Gasteiger partial charge >= 0.3 is 0 Å². The molecule has 0 radical (unpaired) electrons. The number of nitrogens with zero attached hydrogens (tertiary/aromatic N) is 1. The van der Waals surface area contributed by atoms with Gasteiger partial charge in [0, 0.05) is 19.7 Å². The van der Waals surface area contributed by atoms with Crippen molar-refractivity contribution in [3.05, 3.63) is 0 Å². The molecule has 1 aliphatic carbocycles. The van der Waals surface area contributed by atoms with E-state index in [4.69, 9.17) is 4.74 Å². The second-order valence-corrected chi connectivity index (χ2v) is 5.75. The minimum Gasteiger partial charge on any atom is -0.383 e. The lowest BCUT2D eigenvalue weighted by atomic mass is 10.0. The first-order valence-electron chi connectivity index (χ1n) is 7.25. The Labute approximate surface area is 106 Å². The van der Waals surface area contributed by atoms with Crippen molar-refractivity contribution in [3.8, 4) is 0 Å². The topological polar surface area (TPSA) is 24.5 Å². The lowest BCUT2D eigenvalue weighted by Gasteiger charge is -2.29. The molecule has 1 saturated heterocycles. The molecule has 1 heterocycles. The Morgan fingerprint density at radius 2 is 2.12 bits per heavy atom. The Kier molecular flexibility index (Phi) is 5.26. The smallest absolute Gasteiger partial charge is 0.0589 e. The Morgan fingerprint density at radius 1 is 1.29 bits per heavy atom. The van der Waals surface area contributed by atoms with Crippen molar-refractivity contribution in [1.29, 1.82) is 0 Å². The molecule has 0 aromatic carbocycles. The first kappa shape index (κ1) is 13.3. The van der Waals surface area contributed by atoms with Gasteiger partial charge in [0.15, 0.2) is 0 Å². The van der Waals surface area contributed by atoms with Crippen molar-refractivity contribution in [3.63, 3.8) is 0 Å². The minimum absolute atomic E-state index is 0.763. The highest BCUT2D eigenvalue weighted by Crippen LogP contribution is 2.35. The van der Waals surface area contributed by atoms with Crippen LogP contribution in [0.3, 0.4) is 0 Å². The third kappa shape index (κ3) is 4.23. The summed E-state index contributed by atoms with van der Waals surface area (Å²) in [5, 5.41) is 3.46. The maximum Gasteiger partial charge on any atom is 0.0589 e. The van der Waals surface area contributed by atoms with Crippen LogP contribution in [-0.4, -0.2) is 50.8 Å². The van der Waals surface area contributed by atoms with Crippen molar-refractivity contribution in [1.82, 2.24) is 10.2 Å². The number of nitrogens with one attached hydrogen (secondary N) is 1. The van der Waals surface area contributed by atoms with Gasteiger partial charge in [-0.15, -0.1) is 0 Å². The summed E-state index contributed by atoms with van der Waals surface area (Å²) in [6, 6.07) is 0.763. The zero-order chi connectivity index (χ0) is 12.1. The van der Waals surface area contributed by atoms with Crippen LogP contribution in [0.15, 0.2) is 0 Å². The fraction of sp³-hybridized carbons (Fsp3) is 1.00. The molecule has 2 rings (SSSR count). The highest BCUT2D eigenvalue weighted by molar-refractivity contribution is 4.86. The second kappa shape index (κ2) is 6.72. The van der Waals surface area contributed by atoms with Crippen molar-refractivity contribution in [2.24, 2.45) is 11.8 Å². The van der Waals surface area contributed by atoms with Crippen LogP contribution < -0.4 is 5.32 Å². The molecule has 0 aromatic heterocycles. The molecule has 100 valence electrons. The quantitative estimate of drug-likeness (QED) is 0.699. The molecule has 2 atom stereocenters. The lowest BCUT2D eigenvalue weighted by molar-refractivity contribution is 0.112. The van der Waals surface area contributed by atoms with E-state index < -0.39 is 0 Å². The average Bonchev–Trinajstić information content (AvgIpc) is 3.06. The van der Waals surface area contributed by atoms with E-state index >= 15 is 0 Å². The van der Waals surface area contributed by atoms with E-state index in [1.54, 1.807) is 7.11 Å². The average molecular weight is 240 g/mol. The first-order chi connectivity index (χ1) is 8.31. The zero-order valence-electron chi connectivity index (χ0n) is 11.5. The van der Waals surface area contributed by atoms with E-state index in [0.29, 0.717) is 0 Å². The van der Waals surface area contributed by atoms with E-state index in [2.05, 4.69) is 17.1 Å². The van der Waals surface area contributed by atoms with Crippen molar-refractivity contribution >= 4 is 0 Å². The molecule has 3 nitrogen and oxygen atoms in total. The van der Waals surface area contributed by atoms with E-state index in [1.165, 1.54) is 45.3 Å². The van der Waals surface area contributed by atoms with Crippen LogP contribution in [0.1, 0.15) is 32.6 Å². The van der Waals surface area contributed by atoms with Gasteiger partial charge in [-0.3, -0.25) is 4.90 Å². The van der Waals surface area contributed by atoms with Crippen molar-refractivity contribution in [2.75, 3.05) is 39.9 Å². The molecule has 2 fully saturated rings. The molecule has 2 unspecified atom stereocenters. The molecular formula is C14H28N2O. The molecule has 17 heavy (non-hydrogen) atoms. The Bertz CT molecular complexity index is 212. The normalized spacial score (nSPS) is 26.6. The monoisotopic (exact) mass is 240 g/mol. The third-order valence-electron chi connectivity index (χ3n) is 4.45. The lowest BCUT2D eigenvalue weighted by Crippen LogP contribution is -2.38. The van der Waals surface area contributed by atoms with Gasteiger partial charge in [-0.1, -0.05) is 0 Å². The standard InChI is InChI=1S/C14H28N2O/c1-12(14-3-4-14)16(9-10-17-2)8-6-13-5-7-15-11-13/h12-15H,3-11H2,1-2H3. The molecule has 3 heteroatoms. The summed E-state index contributed by atoms with van der Waals surface area (Å²) in [6.45, 7) is 8.10. The summed E-state index contributed by atoms with van der Waals surface area (Å²) in [6.07, 6.45) is 5.61. The number of hydrogen-bond donors (Lipinski definition) is 1. The highest BCUT2D eigenvalue weighted by atomic mass is 16.5. The largest absolute Gasteiger partial charge is 0.383 e. The summed E-state index contributed by atoms with van der Waals surface area (Å²) in [5.41, 5.74) is 0. The summed E-state index contributed by atoms with van der Waals surface area (Å²) in [4.78, 5) is 2.65. The van der Waals surface area contributed by atoms with Crippen LogP contribution in [-0.2, 0) is 4.74 Å². The van der Waals surface area contributed by atoms with Crippen LogP contribution in [0.25, 0.3) is 0 Å². The number of methoxy groups -OCH3 is 1. The Balaban J connectivity index is 1.72. The van der Waals surface area contributed by atoms with Gasteiger partial charge in [0.25, 0.3) is 0 Å². The van der Waals surface area contributed by atoms with Crippen LogP contribution in [0.5, 0.6) is 0 Å². The molecule has 1 aliphatic heterocycles. The van der Waals surface area contributed by atoms with Gasteiger partial charge in [0.2, 0.25) is 0 Å². The first-order valence-corrected chi connectivity index (χ1v) is 7.25. The molecule has 0 bridgehead atoms. The van der Waals surface area contributed by atoms with Gasteiger partial charge < -0.3 is 10.1 Å². The molecule has 0 spiro atoms. The zero-order valence-corrected chi connectivity index (χ0v) is 11.5. The molecule has 2 aliphatic rings. The van der Waals surface area contributed by atoms with Gasteiger partial charge in [-0.05, 0) is 64.1 Å². The molecule has 1 saturated carbocycles. The highest BCUT2D eigenvalue weighted by Gasteiger charge is 2.31. The van der Waals surface area contributed by atoms with Crippen LogP contribution in [0.4, 0.5) is 0 Å². The molecular weight excluding hydrogens is 212 g/mol. The van der Waals surface area contributed by atoms with E-state index in [1.807, 2.05) is 0 Å². The molecule has 1 N–H and O–H groups in total. The van der Waals surface area contributed by atoms with Crippen LogP contribution in [0, 0.1) is 11.8 Å². The molecule has 0 aromatic rings. The maximum atomic E-state index is 5.24. The number of ether oxygens (including phenoxy) is 1. The summed E-state index contributed by atoms with van der Waals surface area (Å²) < 4.78 is 5.24. The Hall–Kier alpha value is -0.120. The third-order valence-corrected chi connectivity index (χ3v) is 4.45. The number of hydrogen-bond acceptors (Lipinski definition) is 3. The van der Waals surface area contributed by atoms with E-state index in [0.717, 1.165) is 31.0 Å². The predicted octanol–water partition coefficient (Wildman–Crippen LogP) is 1.73. The van der Waals surface area contributed by atoms with Crippen molar-refractivity contribution in [2.45, 2.75) is 38.6 Å². The predicted molar refractivity (Wildman–Crippen MR) is 71.2 cm³/mol. The molecule has 0 amide bonds. The fourth-order valence-electron chi connectivity index (χ4n) is 2.91. The Morgan fingerprint density at radius 3 is 2.71 bits per heavy atom. The SMILES string of the molecule is COCCN(CCC1CCNC1)C(C)C1CC1. The van der Waals surface area contributed by atoms with Crippen LogP contribution >= 0.6 is 0 Å². The second-order valence-electron chi connectivity index (χ2n) is 5.75. The summed E-state index contributed by atoms with van der Waals surface area (Å²) in [7, 11) is 1.81. The van der Waals surface area contributed by atoms with Gasteiger partial charge in [-0.2, -0.15) is 0 Å². The summed E-state index contributed by atoms with van der Waals surface area (Å²) >= 11 is 0.